The highest BCUT2D eigenvalue weighted by molar-refractivity contribution is 9.10. The lowest BCUT2D eigenvalue weighted by atomic mass is 10.2. The zero-order chi connectivity index (χ0) is 14.7. The fourth-order valence-electron chi connectivity index (χ4n) is 1.71. The van der Waals surface area contributed by atoms with Crippen LogP contribution in [0, 0.1) is 6.92 Å². The summed E-state index contributed by atoms with van der Waals surface area (Å²) >= 11 is 4.94. The molecule has 0 aromatic carbocycles. The van der Waals surface area contributed by atoms with Gasteiger partial charge in [-0.25, -0.2) is 9.97 Å². The first-order chi connectivity index (χ1) is 9.60. The van der Waals surface area contributed by atoms with Crippen LogP contribution in [0.4, 0.5) is 0 Å². The Morgan fingerprint density at radius 3 is 2.70 bits per heavy atom. The van der Waals surface area contributed by atoms with E-state index in [1.54, 1.807) is 7.05 Å². The molecular weight excluding hydrogens is 340 g/mol. The Morgan fingerprint density at radius 1 is 1.35 bits per heavy atom. The van der Waals surface area contributed by atoms with Crippen molar-refractivity contribution in [2.75, 3.05) is 0 Å². The molecule has 7 heteroatoms. The average Bonchev–Trinajstić information content (AvgIpc) is 2.72. The predicted molar refractivity (Wildman–Crippen MR) is 82.7 cm³/mol. The normalized spacial score (nSPS) is 11.2. The number of aldehydes is 1. The van der Waals surface area contributed by atoms with E-state index in [-0.39, 0.29) is 0 Å². The lowest BCUT2D eigenvalue weighted by Gasteiger charge is -2.05. The maximum atomic E-state index is 11.0. The molecule has 104 valence electrons. The molecule has 2 aromatic heterocycles. The molecule has 0 amide bonds. The molecule has 0 saturated heterocycles. The van der Waals surface area contributed by atoms with Gasteiger partial charge in [-0.15, -0.1) is 0 Å². The molecule has 0 aliphatic rings. The number of nitrogens with zero attached hydrogens (tertiary/aromatic N) is 4. The molecule has 0 unspecified atom stereocenters. The van der Waals surface area contributed by atoms with Crippen LogP contribution < -0.4 is 0 Å². The van der Waals surface area contributed by atoms with Gasteiger partial charge >= 0.3 is 0 Å². The highest BCUT2D eigenvalue weighted by Gasteiger charge is 2.19. The van der Waals surface area contributed by atoms with Crippen molar-refractivity contribution >= 4 is 34.0 Å². The van der Waals surface area contributed by atoms with Crippen LogP contribution in [0.1, 0.15) is 23.0 Å². The molecule has 0 radical (unpaired) electrons. The number of carbonyl (C=O) groups is 1. The Hall–Kier alpha value is -1.47. The standard InChI is InChI=1S/C13H13BrN4OS/c1-4-5-20-13-8(2)11(15-7-16-13)12-10(14)9(6-19)18(3)17-12/h4-7H,1-3H3/b5-4-. The van der Waals surface area contributed by atoms with Crippen molar-refractivity contribution in [1.29, 1.82) is 0 Å². The largest absolute Gasteiger partial charge is 0.296 e. The SMILES string of the molecule is C/C=C\Sc1ncnc(-c2nn(C)c(C=O)c2Br)c1C. The molecule has 5 nitrogen and oxygen atoms in total. The van der Waals surface area contributed by atoms with Crippen LogP contribution >= 0.6 is 27.7 Å². The third kappa shape index (κ3) is 2.69. The van der Waals surface area contributed by atoms with Gasteiger partial charge < -0.3 is 0 Å². The first-order valence-electron chi connectivity index (χ1n) is 5.87. The summed E-state index contributed by atoms with van der Waals surface area (Å²) in [6.45, 7) is 3.90. The maximum absolute atomic E-state index is 11.0. The molecule has 0 N–H and O–H groups in total. The van der Waals surface area contributed by atoms with Crippen molar-refractivity contribution in [2.24, 2.45) is 7.05 Å². The summed E-state index contributed by atoms with van der Waals surface area (Å²) in [6, 6.07) is 0. The molecule has 0 saturated carbocycles. The molecule has 0 aliphatic heterocycles. The van der Waals surface area contributed by atoms with E-state index in [2.05, 4.69) is 31.0 Å². The Bertz CT molecular complexity index is 681. The van der Waals surface area contributed by atoms with Crippen LogP contribution in [0.5, 0.6) is 0 Å². The van der Waals surface area contributed by atoms with Crippen molar-refractivity contribution in [3.63, 3.8) is 0 Å². The Balaban J connectivity index is 2.56. The third-order valence-corrected chi connectivity index (χ3v) is 4.55. The lowest BCUT2D eigenvalue weighted by molar-refractivity contribution is 0.111. The van der Waals surface area contributed by atoms with Crippen LogP contribution in [0.25, 0.3) is 11.4 Å². The molecule has 2 heterocycles. The van der Waals surface area contributed by atoms with Gasteiger partial charge in [-0.2, -0.15) is 5.10 Å². The van der Waals surface area contributed by atoms with E-state index in [0.717, 1.165) is 22.6 Å². The summed E-state index contributed by atoms with van der Waals surface area (Å²) in [5.41, 5.74) is 2.80. The van der Waals surface area contributed by atoms with Crippen LogP contribution in [0.15, 0.2) is 27.3 Å². The summed E-state index contributed by atoms with van der Waals surface area (Å²) in [5.74, 6) is 0. The van der Waals surface area contributed by atoms with Gasteiger partial charge in [0.25, 0.3) is 0 Å². The van der Waals surface area contributed by atoms with Crippen molar-refractivity contribution in [3.8, 4) is 11.4 Å². The third-order valence-electron chi connectivity index (χ3n) is 2.72. The number of thioether (sulfide) groups is 1. The van der Waals surface area contributed by atoms with Crippen molar-refractivity contribution in [2.45, 2.75) is 18.9 Å². The van der Waals surface area contributed by atoms with E-state index in [1.807, 2.05) is 25.3 Å². The fourth-order valence-corrected chi connectivity index (χ4v) is 2.98. The topological polar surface area (TPSA) is 60.7 Å². The molecule has 0 atom stereocenters. The number of carbonyl (C=O) groups excluding carboxylic acids is 1. The Kier molecular flexibility index (Phi) is 4.72. The number of aryl methyl sites for hydroxylation is 1. The number of aromatic nitrogens is 4. The van der Waals surface area contributed by atoms with E-state index in [1.165, 1.54) is 22.8 Å². The van der Waals surface area contributed by atoms with Crippen LogP contribution in [-0.2, 0) is 7.05 Å². The van der Waals surface area contributed by atoms with Gasteiger partial charge in [-0.1, -0.05) is 17.8 Å². The average molecular weight is 353 g/mol. The monoisotopic (exact) mass is 352 g/mol. The van der Waals surface area contributed by atoms with Crippen molar-refractivity contribution in [1.82, 2.24) is 19.7 Å². The zero-order valence-corrected chi connectivity index (χ0v) is 13.7. The number of hydrogen-bond donors (Lipinski definition) is 0. The summed E-state index contributed by atoms with van der Waals surface area (Å²) < 4.78 is 2.19. The van der Waals surface area contributed by atoms with Gasteiger partial charge in [0, 0.05) is 12.6 Å². The van der Waals surface area contributed by atoms with Crippen LogP contribution in [-0.4, -0.2) is 26.0 Å². The zero-order valence-electron chi connectivity index (χ0n) is 11.3. The summed E-state index contributed by atoms with van der Waals surface area (Å²) in [6.07, 6.45) is 4.23. The van der Waals surface area contributed by atoms with Crippen molar-refractivity contribution in [3.05, 3.63) is 33.5 Å². The first kappa shape index (κ1) is 14.9. The number of rotatable bonds is 4. The second-order valence-corrected chi connectivity index (χ2v) is 5.72. The van der Waals surface area contributed by atoms with Gasteiger partial charge in [-0.3, -0.25) is 9.48 Å². The number of halogens is 1. The molecule has 20 heavy (non-hydrogen) atoms. The van der Waals surface area contributed by atoms with E-state index in [0.29, 0.717) is 15.9 Å². The molecule has 0 aliphatic carbocycles. The quantitative estimate of drug-likeness (QED) is 0.479. The van der Waals surface area contributed by atoms with Gasteiger partial charge in [0.05, 0.1) is 10.2 Å². The smallest absolute Gasteiger partial charge is 0.169 e. The molecule has 2 aromatic rings. The Morgan fingerprint density at radius 2 is 2.10 bits per heavy atom. The minimum Gasteiger partial charge on any atom is -0.296 e. The second-order valence-electron chi connectivity index (χ2n) is 4.03. The molecular formula is C13H13BrN4OS. The van der Waals surface area contributed by atoms with Gasteiger partial charge in [0.15, 0.2) is 6.29 Å². The number of allylic oxidation sites excluding steroid dienone is 1. The first-order valence-corrected chi connectivity index (χ1v) is 7.54. The van der Waals surface area contributed by atoms with Gasteiger partial charge in [0.2, 0.25) is 0 Å². The highest BCUT2D eigenvalue weighted by Crippen LogP contribution is 2.33. The molecule has 2 rings (SSSR count). The van der Waals surface area contributed by atoms with E-state index in [4.69, 9.17) is 0 Å². The minimum absolute atomic E-state index is 0.487. The van der Waals surface area contributed by atoms with E-state index in [9.17, 15) is 4.79 Å². The van der Waals surface area contributed by atoms with Crippen molar-refractivity contribution < 1.29 is 4.79 Å². The summed E-state index contributed by atoms with van der Waals surface area (Å²) in [4.78, 5) is 19.6. The van der Waals surface area contributed by atoms with Gasteiger partial charge in [-0.05, 0) is 35.2 Å². The molecule has 0 fully saturated rings. The molecule has 0 bridgehead atoms. The van der Waals surface area contributed by atoms with E-state index >= 15 is 0 Å². The van der Waals surface area contributed by atoms with Gasteiger partial charge in [0.1, 0.15) is 22.7 Å². The highest BCUT2D eigenvalue weighted by atomic mass is 79.9. The number of hydrogen-bond acceptors (Lipinski definition) is 5. The van der Waals surface area contributed by atoms with Crippen LogP contribution in [0.3, 0.4) is 0 Å². The molecule has 0 spiro atoms. The summed E-state index contributed by atoms with van der Waals surface area (Å²) in [7, 11) is 1.73. The Labute approximate surface area is 129 Å². The lowest BCUT2D eigenvalue weighted by Crippen LogP contribution is -1.97. The fraction of sp³-hybridized carbons (Fsp3) is 0.231. The maximum Gasteiger partial charge on any atom is 0.169 e. The van der Waals surface area contributed by atoms with Crippen LogP contribution in [0.2, 0.25) is 0 Å². The van der Waals surface area contributed by atoms with E-state index < -0.39 is 0 Å². The second kappa shape index (κ2) is 6.32. The summed E-state index contributed by atoms with van der Waals surface area (Å²) in [5, 5.41) is 7.19. The predicted octanol–water partition coefficient (Wildman–Crippen LogP) is 3.39. The minimum atomic E-state index is 0.487.